The van der Waals surface area contributed by atoms with Gasteiger partial charge in [0.05, 0.1) is 5.56 Å². The van der Waals surface area contributed by atoms with Crippen molar-refractivity contribution < 1.29 is 9.18 Å². The van der Waals surface area contributed by atoms with E-state index in [2.05, 4.69) is 31.4 Å². The van der Waals surface area contributed by atoms with E-state index in [1.54, 1.807) is 18.5 Å². The van der Waals surface area contributed by atoms with Crippen molar-refractivity contribution in [2.24, 2.45) is 0 Å². The number of rotatable bonds is 4. The van der Waals surface area contributed by atoms with Gasteiger partial charge in [0.15, 0.2) is 5.82 Å². The fraction of sp³-hybridized carbons (Fsp3) is 0.118. The van der Waals surface area contributed by atoms with Crippen LogP contribution in [0.3, 0.4) is 0 Å². The maximum absolute atomic E-state index is 13.4. The van der Waals surface area contributed by atoms with Gasteiger partial charge in [-0.2, -0.15) is 0 Å². The van der Waals surface area contributed by atoms with E-state index < -0.39 is 11.7 Å². The van der Waals surface area contributed by atoms with E-state index >= 15 is 0 Å². The largest absolute Gasteiger partial charge is 0.322 e. The monoisotopic (exact) mass is 388 g/mol. The molecular formula is C17H14BrFN4O. The van der Waals surface area contributed by atoms with E-state index in [0.717, 1.165) is 17.9 Å². The minimum atomic E-state index is -0.465. The number of benzene rings is 2. The van der Waals surface area contributed by atoms with Crippen molar-refractivity contribution in [3.63, 3.8) is 0 Å². The van der Waals surface area contributed by atoms with Gasteiger partial charge in [0.2, 0.25) is 0 Å². The zero-order chi connectivity index (χ0) is 17.1. The number of hydrogen-bond acceptors (Lipinski definition) is 3. The lowest BCUT2D eigenvalue weighted by Crippen LogP contribution is -2.13. The van der Waals surface area contributed by atoms with Crippen molar-refractivity contribution in [3.8, 4) is 11.4 Å². The highest BCUT2D eigenvalue weighted by atomic mass is 79.9. The third-order valence-electron chi connectivity index (χ3n) is 3.51. The lowest BCUT2D eigenvalue weighted by Gasteiger charge is -2.09. The summed E-state index contributed by atoms with van der Waals surface area (Å²) in [5.74, 6) is -0.135. The van der Waals surface area contributed by atoms with Crippen LogP contribution in [0.4, 0.5) is 10.1 Å². The summed E-state index contributed by atoms with van der Waals surface area (Å²) in [6, 6.07) is 11.3. The predicted octanol–water partition coefficient (Wildman–Crippen LogP) is 4.12. The fourth-order valence-electron chi connectivity index (χ4n) is 2.32. The van der Waals surface area contributed by atoms with Crippen LogP contribution >= 0.6 is 15.9 Å². The molecule has 7 heteroatoms. The molecule has 0 unspecified atom stereocenters. The number of anilines is 1. The second-order valence-corrected chi connectivity index (χ2v) is 5.95. The van der Waals surface area contributed by atoms with Crippen molar-refractivity contribution in [2.45, 2.75) is 13.5 Å². The molecule has 0 fully saturated rings. The van der Waals surface area contributed by atoms with Crippen LogP contribution in [0, 0.1) is 5.82 Å². The summed E-state index contributed by atoms with van der Waals surface area (Å²) in [5.41, 5.74) is 1.67. The first-order valence-electron chi connectivity index (χ1n) is 7.33. The Balaban J connectivity index is 1.87. The van der Waals surface area contributed by atoms with E-state index in [9.17, 15) is 9.18 Å². The molecule has 1 heterocycles. The molecule has 0 bridgehead atoms. The SMILES string of the molecule is CCn1cnnc1-c1cccc(NC(=O)c2cc(F)ccc2Br)c1. The second kappa shape index (κ2) is 6.92. The molecule has 0 saturated carbocycles. The van der Waals surface area contributed by atoms with Gasteiger partial charge in [-0.15, -0.1) is 10.2 Å². The van der Waals surface area contributed by atoms with Crippen molar-refractivity contribution in [3.05, 3.63) is 64.6 Å². The van der Waals surface area contributed by atoms with E-state index in [1.807, 2.05) is 23.6 Å². The molecule has 0 atom stereocenters. The Morgan fingerprint density at radius 3 is 2.92 bits per heavy atom. The molecule has 0 saturated heterocycles. The summed E-state index contributed by atoms with van der Waals surface area (Å²) < 4.78 is 15.8. The molecule has 0 aliphatic carbocycles. The van der Waals surface area contributed by atoms with Gasteiger partial charge in [-0.1, -0.05) is 12.1 Å². The highest BCUT2D eigenvalue weighted by Gasteiger charge is 2.13. The smallest absolute Gasteiger partial charge is 0.256 e. The van der Waals surface area contributed by atoms with Crippen LogP contribution in [-0.4, -0.2) is 20.7 Å². The Kier molecular flexibility index (Phi) is 4.71. The number of halogens is 2. The molecule has 122 valence electrons. The van der Waals surface area contributed by atoms with Crippen LogP contribution < -0.4 is 5.32 Å². The Morgan fingerprint density at radius 1 is 1.29 bits per heavy atom. The van der Waals surface area contributed by atoms with E-state index in [-0.39, 0.29) is 5.56 Å². The van der Waals surface area contributed by atoms with Gasteiger partial charge in [0.25, 0.3) is 5.91 Å². The summed E-state index contributed by atoms with van der Waals surface area (Å²) >= 11 is 3.26. The van der Waals surface area contributed by atoms with Gasteiger partial charge >= 0.3 is 0 Å². The molecule has 0 aliphatic heterocycles. The zero-order valence-corrected chi connectivity index (χ0v) is 14.4. The predicted molar refractivity (Wildman–Crippen MR) is 93.2 cm³/mol. The first-order chi connectivity index (χ1) is 11.6. The van der Waals surface area contributed by atoms with Crippen molar-refractivity contribution >= 4 is 27.5 Å². The average molecular weight is 389 g/mol. The van der Waals surface area contributed by atoms with Crippen molar-refractivity contribution in [1.29, 1.82) is 0 Å². The zero-order valence-electron chi connectivity index (χ0n) is 12.8. The van der Waals surface area contributed by atoms with Gasteiger partial charge < -0.3 is 9.88 Å². The van der Waals surface area contributed by atoms with Crippen LogP contribution in [0.1, 0.15) is 17.3 Å². The molecular weight excluding hydrogens is 375 g/mol. The van der Waals surface area contributed by atoms with Crippen LogP contribution in [0.25, 0.3) is 11.4 Å². The minimum Gasteiger partial charge on any atom is -0.322 e. The fourth-order valence-corrected chi connectivity index (χ4v) is 2.74. The summed E-state index contributed by atoms with van der Waals surface area (Å²) in [5, 5.41) is 10.8. The lowest BCUT2D eigenvalue weighted by molar-refractivity contribution is 0.102. The number of hydrogen-bond donors (Lipinski definition) is 1. The number of amides is 1. The van der Waals surface area contributed by atoms with Gasteiger partial charge in [0.1, 0.15) is 12.1 Å². The number of nitrogens with one attached hydrogen (secondary N) is 1. The van der Waals surface area contributed by atoms with E-state index in [4.69, 9.17) is 0 Å². The van der Waals surface area contributed by atoms with Gasteiger partial charge in [-0.05, 0) is 53.2 Å². The molecule has 0 radical (unpaired) electrons. The van der Waals surface area contributed by atoms with E-state index in [1.165, 1.54) is 18.2 Å². The summed E-state index contributed by atoms with van der Waals surface area (Å²) in [7, 11) is 0. The summed E-state index contributed by atoms with van der Waals surface area (Å²) in [4.78, 5) is 12.4. The van der Waals surface area contributed by atoms with E-state index in [0.29, 0.717) is 10.2 Å². The topological polar surface area (TPSA) is 59.8 Å². The summed E-state index contributed by atoms with van der Waals surface area (Å²) in [6.07, 6.45) is 1.66. The van der Waals surface area contributed by atoms with Crippen LogP contribution in [0.5, 0.6) is 0 Å². The van der Waals surface area contributed by atoms with Crippen LogP contribution in [0.2, 0.25) is 0 Å². The molecule has 0 spiro atoms. The standard InChI is InChI=1S/C17H14BrFN4O/c1-2-23-10-20-22-16(23)11-4-3-5-13(8-11)21-17(24)14-9-12(19)6-7-15(14)18/h3-10H,2H2,1H3,(H,21,24). The first kappa shape index (κ1) is 16.3. The van der Waals surface area contributed by atoms with Crippen molar-refractivity contribution in [1.82, 2.24) is 14.8 Å². The molecule has 1 amide bonds. The Labute approximate surface area is 146 Å². The third kappa shape index (κ3) is 3.35. The minimum absolute atomic E-state index is 0.233. The highest BCUT2D eigenvalue weighted by molar-refractivity contribution is 9.10. The summed E-state index contributed by atoms with van der Waals surface area (Å²) in [6.45, 7) is 2.75. The van der Waals surface area contributed by atoms with Gasteiger partial charge in [-0.25, -0.2) is 4.39 Å². The van der Waals surface area contributed by atoms with Crippen molar-refractivity contribution in [2.75, 3.05) is 5.32 Å². The maximum Gasteiger partial charge on any atom is 0.256 e. The Hall–Kier alpha value is -2.54. The average Bonchev–Trinajstić information content (AvgIpc) is 3.06. The quantitative estimate of drug-likeness (QED) is 0.731. The molecule has 5 nitrogen and oxygen atoms in total. The number of aromatic nitrogens is 3. The molecule has 24 heavy (non-hydrogen) atoms. The second-order valence-electron chi connectivity index (χ2n) is 5.10. The number of carbonyl (C=O) groups is 1. The first-order valence-corrected chi connectivity index (χ1v) is 8.12. The van der Waals surface area contributed by atoms with Crippen LogP contribution in [-0.2, 0) is 6.54 Å². The highest BCUT2D eigenvalue weighted by Crippen LogP contribution is 2.23. The lowest BCUT2D eigenvalue weighted by atomic mass is 10.1. The third-order valence-corrected chi connectivity index (χ3v) is 4.20. The normalized spacial score (nSPS) is 10.6. The molecule has 3 rings (SSSR count). The number of nitrogens with zero attached hydrogens (tertiary/aromatic N) is 3. The molecule has 1 aromatic heterocycles. The molecule has 1 N–H and O–H groups in total. The van der Waals surface area contributed by atoms with Gasteiger partial charge in [0, 0.05) is 22.3 Å². The maximum atomic E-state index is 13.4. The Bertz CT molecular complexity index is 894. The molecule has 3 aromatic rings. The molecule has 0 aliphatic rings. The molecule has 2 aromatic carbocycles. The number of aryl methyl sites for hydroxylation is 1. The number of carbonyl (C=O) groups excluding carboxylic acids is 1. The Morgan fingerprint density at radius 2 is 2.12 bits per heavy atom. The van der Waals surface area contributed by atoms with Gasteiger partial charge in [-0.3, -0.25) is 4.79 Å². The van der Waals surface area contributed by atoms with Crippen LogP contribution in [0.15, 0.2) is 53.3 Å².